The van der Waals surface area contributed by atoms with E-state index in [1.165, 1.54) is 26.8 Å². The van der Waals surface area contributed by atoms with Gasteiger partial charge in [-0.2, -0.15) is 0 Å². The number of hydrogen-bond acceptors (Lipinski definition) is 1. The van der Waals surface area contributed by atoms with Crippen molar-refractivity contribution in [1.82, 2.24) is 0 Å². The van der Waals surface area contributed by atoms with Crippen LogP contribution in [0.25, 0.3) is 10.1 Å². The summed E-state index contributed by atoms with van der Waals surface area (Å²) in [6, 6.07) is 14.4. The minimum Gasteiger partial charge on any atom is -0.144 e. The zero-order chi connectivity index (χ0) is 19.8. The van der Waals surface area contributed by atoms with Crippen molar-refractivity contribution in [3.63, 3.8) is 0 Å². The first-order chi connectivity index (χ1) is 12.1. The van der Waals surface area contributed by atoms with E-state index in [2.05, 4.69) is 56.5 Å². The minimum absolute atomic E-state index is 0.819. The normalized spacial score (nSPS) is 8.40. The van der Waals surface area contributed by atoms with Crippen LogP contribution >= 0.6 is 22.9 Å². The highest BCUT2D eigenvalue weighted by atomic mass is 35.5. The van der Waals surface area contributed by atoms with E-state index in [1.54, 1.807) is 11.3 Å². The summed E-state index contributed by atoms with van der Waals surface area (Å²) in [6.45, 7) is 18.3. The van der Waals surface area contributed by atoms with Gasteiger partial charge in [0.05, 0.1) is 0 Å². The third-order valence-electron chi connectivity index (χ3n) is 3.15. The van der Waals surface area contributed by atoms with Crippen molar-refractivity contribution in [3.05, 3.63) is 69.6 Å². The number of hydrogen-bond donors (Lipinski definition) is 0. The van der Waals surface area contributed by atoms with Crippen molar-refractivity contribution >= 4 is 33.0 Å². The second-order valence-electron chi connectivity index (χ2n) is 4.64. The molecule has 1 aromatic heterocycles. The molecule has 0 amide bonds. The molecule has 0 saturated carbocycles. The standard InChI is InChI=1S/C9H7ClS.C8H10.3C2H6/c1-6-5-11-9-3-2-7(10)4-8(6)9;1-7-5-3-4-6-8(7)2;3*1-2/h2-5H,1H3;3-6H,1-2H3;3*1-2H3. The molecule has 0 saturated heterocycles. The third kappa shape index (κ3) is 9.67. The quantitative estimate of drug-likeness (QED) is 0.365. The molecule has 1 heterocycles. The van der Waals surface area contributed by atoms with Crippen LogP contribution in [0.15, 0.2) is 47.8 Å². The lowest BCUT2D eigenvalue weighted by Gasteiger charge is -1.93. The largest absolute Gasteiger partial charge is 0.144 e. The molecule has 25 heavy (non-hydrogen) atoms. The van der Waals surface area contributed by atoms with Crippen molar-refractivity contribution < 1.29 is 0 Å². The predicted octanol–water partition coefficient (Wildman–Crippen LogP) is 9.25. The molecule has 3 rings (SSSR count). The SMILES string of the molecule is CC.CC.CC.Cc1ccccc1C.Cc1csc2ccc(Cl)cc12. The fourth-order valence-corrected chi connectivity index (χ4v) is 2.89. The van der Waals surface area contributed by atoms with Gasteiger partial charge in [-0.1, -0.05) is 77.4 Å². The van der Waals surface area contributed by atoms with Gasteiger partial charge in [0.1, 0.15) is 0 Å². The molecule has 0 spiro atoms. The van der Waals surface area contributed by atoms with Crippen LogP contribution < -0.4 is 0 Å². The van der Waals surface area contributed by atoms with E-state index in [0.29, 0.717) is 0 Å². The number of thiophene rings is 1. The highest BCUT2D eigenvalue weighted by Crippen LogP contribution is 2.27. The molecule has 0 N–H and O–H groups in total. The molecule has 0 fully saturated rings. The summed E-state index contributed by atoms with van der Waals surface area (Å²) in [6.07, 6.45) is 0. The van der Waals surface area contributed by atoms with Crippen molar-refractivity contribution in [2.75, 3.05) is 0 Å². The van der Waals surface area contributed by atoms with Gasteiger partial charge in [0.25, 0.3) is 0 Å². The summed E-state index contributed by atoms with van der Waals surface area (Å²) < 4.78 is 1.31. The second kappa shape index (κ2) is 16.2. The first-order valence-corrected chi connectivity index (χ1v) is 10.5. The van der Waals surface area contributed by atoms with Gasteiger partial charge in [-0.25, -0.2) is 0 Å². The van der Waals surface area contributed by atoms with Gasteiger partial charge in [-0.3, -0.25) is 0 Å². The maximum atomic E-state index is 5.85. The van der Waals surface area contributed by atoms with Crippen molar-refractivity contribution in [3.8, 4) is 0 Å². The zero-order valence-electron chi connectivity index (χ0n) is 17.4. The van der Waals surface area contributed by atoms with Gasteiger partial charge >= 0.3 is 0 Å². The summed E-state index contributed by atoms with van der Waals surface area (Å²) in [5, 5.41) is 4.25. The lowest BCUT2D eigenvalue weighted by atomic mass is 10.1. The van der Waals surface area contributed by atoms with Gasteiger partial charge in [0, 0.05) is 9.72 Å². The average molecular weight is 379 g/mol. The van der Waals surface area contributed by atoms with Gasteiger partial charge in [-0.05, 0) is 66.4 Å². The number of aryl methyl sites for hydroxylation is 3. The van der Waals surface area contributed by atoms with Crippen LogP contribution in [0.3, 0.4) is 0 Å². The maximum absolute atomic E-state index is 5.85. The van der Waals surface area contributed by atoms with E-state index >= 15 is 0 Å². The van der Waals surface area contributed by atoms with E-state index in [1.807, 2.05) is 53.7 Å². The van der Waals surface area contributed by atoms with Crippen LogP contribution in [0, 0.1) is 20.8 Å². The molecule has 2 aromatic carbocycles. The van der Waals surface area contributed by atoms with Crippen molar-refractivity contribution in [1.29, 1.82) is 0 Å². The van der Waals surface area contributed by atoms with Crippen LogP contribution in [0.2, 0.25) is 5.02 Å². The summed E-state index contributed by atoms with van der Waals surface area (Å²) >= 11 is 7.62. The molecule has 0 aliphatic heterocycles. The molecular weight excluding hydrogens is 344 g/mol. The highest BCUT2D eigenvalue weighted by Gasteiger charge is 1.98. The predicted molar refractivity (Wildman–Crippen MR) is 122 cm³/mol. The van der Waals surface area contributed by atoms with Gasteiger partial charge in [0.2, 0.25) is 0 Å². The lowest BCUT2D eigenvalue weighted by Crippen LogP contribution is -1.74. The van der Waals surface area contributed by atoms with Crippen LogP contribution in [-0.2, 0) is 0 Å². The fraction of sp³-hybridized carbons (Fsp3) is 0.391. The maximum Gasteiger partial charge on any atom is 0.0413 e. The summed E-state index contributed by atoms with van der Waals surface area (Å²) in [7, 11) is 0. The monoisotopic (exact) mass is 378 g/mol. The Bertz CT molecular complexity index is 662. The first kappa shape index (κ1) is 25.9. The van der Waals surface area contributed by atoms with E-state index in [-0.39, 0.29) is 0 Å². The molecule has 2 heteroatoms. The van der Waals surface area contributed by atoms with Gasteiger partial charge < -0.3 is 0 Å². The van der Waals surface area contributed by atoms with Crippen molar-refractivity contribution in [2.45, 2.75) is 62.3 Å². The van der Waals surface area contributed by atoms with E-state index in [0.717, 1.165) is 5.02 Å². The number of rotatable bonds is 0. The molecule has 0 bridgehead atoms. The molecule has 3 aromatic rings. The Labute approximate surface area is 164 Å². The minimum atomic E-state index is 0.819. The summed E-state index contributed by atoms with van der Waals surface area (Å²) in [5.74, 6) is 0. The number of fused-ring (bicyclic) bond motifs is 1. The molecular formula is C23H35ClS. The Kier molecular flexibility index (Phi) is 16.8. The van der Waals surface area contributed by atoms with Crippen LogP contribution in [-0.4, -0.2) is 0 Å². The fourth-order valence-electron chi connectivity index (χ4n) is 1.79. The van der Waals surface area contributed by atoms with Gasteiger partial charge in [-0.15, -0.1) is 11.3 Å². The summed E-state index contributed by atoms with van der Waals surface area (Å²) in [5.41, 5.74) is 4.05. The van der Waals surface area contributed by atoms with Gasteiger partial charge in [0.15, 0.2) is 0 Å². The second-order valence-corrected chi connectivity index (χ2v) is 5.99. The van der Waals surface area contributed by atoms with E-state index < -0.39 is 0 Å². The molecule has 0 radical (unpaired) electrons. The molecule has 0 nitrogen and oxygen atoms in total. The first-order valence-electron chi connectivity index (χ1n) is 9.23. The van der Waals surface area contributed by atoms with E-state index in [4.69, 9.17) is 11.6 Å². The molecule has 0 atom stereocenters. The Morgan fingerprint density at radius 3 is 1.60 bits per heavy atom. The van der Waals surface area contributed by atoms with E-state index in [9.17, 15) is 0 Å². The molecule has 0 aliphatic carbocycles. The molecule has 140 valence electrons. The highest BCUT2D eigenvalue weighted by molar-refractivity contribution is 7.17. The number of halogens is 1. The Balaban J connectivity index is 0. The smallest absolute Gasteiger partial charge is 0.0413 e. The Morgan fingerprint density at radius 2 is 1.16 bits per heavy atom. The number of benzene rings is 2. The third-order valence-corrected chi connectivity index (χ3v) is 4.47. The molecule has 0 aliphatic rings. The topological polar surface area (TPSA) is 0 Å². The average Bonchev–Trinajstić information content (AvgIpc) is 3.04. The molecule has 0 unspecified atom stereocenters. The summed E-state index contributed by atoms with van der Waals surface area (Å²) in [4.78, 5) is 0. The van der Waals surface area contributed by atoms with Crippen molar-refractivity contribution in [2.24, 2.45) is 0 Å². The lowest BCUT2D eigenvalue weighted by molar-refractivity contribution is 1.34. The van der Waals surface area contributed by atoms with Crippen LogP contribution in [0.5, 0.6) is 0 Å². The Morgan fingerprint density at radius 1 is 0.680 bits per heavy atom. The van der Waals surface area contributed by atoms with Crippen LogP contribution in [0.1, 0.15) is 58.2 Å². The zero-order valence-corrected chi connectivity index (χ0v) is 19.0. The Hall–Kier alpha value is -1.31. The van der Waals surface area contributed by atoms with Crippen LogP contribution in [0.4, 0.5) is 0 Å².